The molecule has 0 aliphatic carbocycles. The molecule has 0 spiro atoms. The summed E-state index contributed by atoms with van der Waals surface area (Å²) in [4.78, 5) is 0. The molecular weight excluding hydrogens is 234 g/mol. The summed E-state index contributed by atoms with van der Waals surface area (Å²) in [7, 11) is 1.71. The SMILES string of the molecule is Cn1cc(-c2ccc(CCl)c(F)c2F)cn1. The van der Waals surface area contributed by atoms with Crippen LogP contribution in [0.3, 0.4) is 0 Å². The van der Waals surface area contributed by atoms with Gasteiger partial charge in [0.25, 0.3) is 0 Å². The smallest absolute Gasteiger partial charge is 0.167 e. The van der Waals surface area contributed by atoms with E-state index >= 15 is 0 Å². The van der Waals surface area contributed by atoms with Crippen LogP contribution in [0.2, 0.25) is 0 Å². The molecule has 0 N–H and O–H groups in total. The zero-order valence-corrected chi connectivity index (χ0v) is 9.30. The van der Waals surface area contributed by atoms with E-state index in [1.54, 1.807) is 13.2 Å². The minimum absolute atomic E-state index is 0.0456. The Bertz CT molecular complexity index is 523. The first-order chi connectivity index (χ1) is 7.63. The Morgan fingerprint density at radius 3 is 2.62 bits per heavy atom. The van der Waals surface area contributed by atoms with Crippen LogP contribution in [-0.4, -0.2) is 9.78 Å². The molecule has 2 aromatic rings. The third-order valence-corrected chi connectivity index (χ3v) is 2.61. The van der Waals surface area contributed by atoms with Crippen molar-refractivity contribution in [3.05, 3.63) is 41.7 Å². The van der Waals surface area contributed by atoms with E-state index in [0.717, 1.165) is 0 Å². The molecule has 0 atom stereocenters. The van der Waals surface area contributed by atoms with E-state index < -0.39 is 11.6 Å². The van der Waals surface area contributed by atoms with Gasteiger partial charge in [0, 0.05) is 29.9 Å². The molecule has 1 heterocycles. The number of rotatable bonds is 2. The van der Waals surface area contributed by atoms with E-state index in [2.05, 4.69) is 5.10 Å². The Morgan fingerprint density at radius 2 is 2.06 bits per heavy atom. The van der Waals surface area contributed by atoms with E-state index in [1.807, 2.05) is 0 Å². The number of benzene rings is 1. The van der Waals surface area contributed by atoms with E-state index in [1.165, 1.54) is 23.0 Å². The van der Waals surface area contributed by atoms with Crippen molar-refractivity contribution >= 4 is 11.6 Å². The Morgan fingerprint density at radius 1 is 1.31 bits per heavy atom. The van der Waals surface area contributed by atoms with Crippen molar-refractivity contribution in [1.82, 2.24) is 9.78 Å². The van der Waals surface area contributed by atoms with Gasteiger partial charge in [-0.05, 0) is 0 Å². The highest BCUT2D eigenvalue weighted by Gasteiger charge is 2.14. The van der Waals surface area contributed by atoms with Gasteiger partial charge in [0.05, 0.1) is 12.1 Å². The van der Waals surface area contributed by atoms with Crippen LogP contribution in [0.1, 0.15) is 5.56 Å². The summed E-state index contributed by atoms with van der Waals surface area (Å²) in [5.74, 6) is -1.82. The summed E-state index contributed by atoms with van der Waals surface area (Å²) in [5, 5.41) is 3.91. The molecule has 0 saturated carbocycles. The predicted octanol–water partition coefficient (Wildman–Crippen LogP) is 3.10. The average Bonchev–Trinajstić information content (AvgIpc) is 2.69. The van der Waals surface area contributed by atoms with Gasteiger partial charge in [0.1, 0.15) is 0 Å². The predicted molar refractivity (Wildman–Crippen MR) is 58.1 cm³/mol. The van der Waals surface area contributed by atoms with Crippen LogP contribution in [0.4, 0.5) is 8.78 Å². The van der Waals surface area contributed by atoms with Crippen LogP contribution in [-0.2, 0) is 12.9 Å². The molecular formula is C11H9ClF2N2. The quantitative estimate of drug-likeness (QED) is 0.740. The van der Waals surface area contributed by atoms with Crippen LogP contribution in [0, 0.1) is 11.6 Å². The molecule has 1 aromatic heterocycles. The second-order valence-corrected chi connectivity index (χ2v) is 3.70. The molecule has 2 nitrogen and oxygen atoms in total. The lowest BCUT2D eigenvalue weighted by Crippen LogP contribution is -1.94. The summed E-state index contributed by atoms with van der Waals surface area (Å²) in [6.45, 7) is 0. The van der Waals surface area contributed by atoms with Crippen LogP contribution >= 0.6 is 11.6 Å². The molecule has 0 unspecified atom stereocenters. The Hall–Kier alpha value is -1.42. The van der Waals surface area contributed by atoms with Crippen molar-refractivity contribution in [3.63, 3.8) is 0 Å². The Kier molecular flexibility index (Phi) is 2.92. The average molecular weight is 243 g/mol. The molecule has 0 bridgehead atoms. The van der Waals surface area contributed by atoms with Crippen molar-refractivity contribution in [2.24, 2.45) is 7.05 Å². The molecule has 0 saturated heterocycles. The maximum Gasteiger partial charge on any atom is 0.167 e. The molecule has 0 aliphatic heterocycles. The Balaban J connectivity index is 2.55. The van der Waals surface area contributed by atoms with Crippen LogP contribution in [0.15, 0.2) is 24.5 Å². The van der Waals surface area contributed by atoms with Crippen LogP contribution in [0.25, 0.3) is 11.1 Å². The van der Waals surface area contributed by atoms with Crippen LogP contribution in [0.5, 0.6) is 0 Å². The van der Waals surface area contributed by atoms with E-state index in [9.17, 15) is 8.78 Å². The van der Waals surface area contributed by atoms with Gasteiger partial charge in [0.2, 0.25) is 0 Å². The lowest BCUT2D eigenvalue weighted by atomic mass is 10.1. The van der Waals surface area contributed by atoms with E-state index in [0.29, 0.717) is 5.56 Å². The van der Waals surface area contributed by atoms with E-state index in [-0.39, 0.29) is 17.0 Å². The highest BCUT2D eigenvalue weighted by Crippen LogP contribution is 2.26. The standard InChI is InChI=1S/C11H9ClF2N2/c1-16-6-8(5-15-16)9-3-2-7(4-12)10(13)11(9)14/h2-3,5-6H,4H2,1H3. The second kappa shape index (κ2) is 4.22. The van der Waals surface area contributed by atoms with Gasteiger partial charge in [-0.3, -0.25) is 4.68 Å². The fourth-order valence-corrected chi connectivity index (χ4v) is 1.68. The molecule has 5 heteroatoms. The molecule has 0 radical (unpaired) electrons. The van der Waals surface area contributed by atoms with E-state index in [4.69, 9.17) is 11.6 Å². The van der Waals surface area contributed by atoms with Crippen molar-refractivity contribution in [2.45, 2.75) is 5.88 Å². The van der Waals surface area contributed by atoms with Crippen molar-refractivity contribution in [3.8, 4) is 11.1 Å². The number of hydrogen-bond acceptors (Lipinski definition) is 1. The van der Waals surface area contributed by atoms with Crippen LogP contribution < -0.4 is 0 Å². The molecule has 16 heavy (non-hydrogen) atoms. The molecule has 0 fully saturated rings. The molecule has 1 aromatic carbocycles. The first kappa shape index (κ1) is 11.1. The minimum atomic E-state index is -0.892. The van der Waals surface area contributed by atoms with Crippen molar-refractivity contribution in [2.75, 3.05) is 0 Å². The maximum atomic E-state index is 13.7. The largest absolute Gasteiger partial charge is 0.275 e. The maximum absolute atomic E-state index is 13.7. The fraction of sp³-hybridized carbons (Fsp3) is 0.182. The Labute approximate surface area is 96.5 Å². The summed E-state index contributed by atoms with van der Waals surface area (Å²) in [6, 6.07) is 2.99. The highest BCUT2D eigenvalue weighted by molar-refractivity contribution is 6.17. The molecule has 84 valence electrons. The summed E-state index contributed by atoms with van der Waals surface area (Å²) in [6.07, 6.45) is 3.11. The zero-order chi connectivity index (χ0) is 11.7. The zero-order valence-electron chi connectivity index (χ0n) is 8.54. The highest BCUT2D eigenvalue weighted by atomic mass is 35.5. The van der Waals surface area contributed by atoms with Gasteiger partial charge in [-0.15, -0.1) is 11.6 Å². The van der Waals surface area contributed by atoms with Crippen molar-refractivity contribution in [1.29, 1.82) is 0 Å². The van der Waals surface area contributed by atoms with Gasteiger partial charge >= 0.3 is 0 Å². The second-order valence-electron chi connectivity index (χ2n) is 3.44. The first-order valence-electron chi connectivity index (χ1n) is 4.65. The van der Waals surface area contributed by atoms with Crippen molar-refractivity contribution < 1.29 is 8.78 Å². The monoisotopic (exact) mass is 242 g/mol. The van der Waals surface area contributed by atoms with Gasteiger partial charge in [-0.1, -0.05) is 12.1 Å². The minimum Gasteiger partial charge on any atom is -0.275 e. The summed E-state index contributed by atoms with van der Waals surface area (Å²) >= 11 is 5.48. The summed E-state index contributed by atoms with van der Waals surface area (Å²) < 4.78 is 28.7. The molecule has 0 aliphatic rings. The van der Waals surface area contributed by atoms with Gasteiger partial charge < -0.3 is 0 Å². The summed E-state index contributed by atoms with van der Waals surface area (Å²) in [5.41, 5.74) is 0.895. The normalized spacial score (nSPS) is 10.8. The first-order valence-corrected chi connectivity index (χ1v) is 5.18. The topological polar surface area (TPSA) is 17.8 Å². The number of halogens is 3. The number of alkyl halides is 1. The number of nitrogens with zero attached hydrogens (tertiary/aromatic N) is 2. The van der Waals surface area contributed by atoms with Gasteiger partial charge in [-0.25, -0.2) is 8.78 Å². The number of hydrogen-bond donors (Lipinski definition) is 0. The molecule has 2 rings (SSSR count). The number of aromatic nitrogens is 2. The van der Waals surface area contributed by atoms with Gasteiger partial charge in [0.15, 0.2) is 11.6 Å². The molecule has 0 amide bonds. The lowest BCUT2D eigenvalue weighted by Gasteiger charge is -2.04. The third-order valence-electron chi connectivity index (χ3n) is 2.32. The lowest BCUT2D eigenvalue weighted by molar-refractivity contribution is 0.505. The number of aryl methyl sites for hydroxylation is 1. The fourth-order valence-electron chi connectivity index (χ4n) is 1.48. The third kappa shape index (κ3) is 1.80. The van der Waals surface area contributed by atoms with Gasteiger partial charge in [-0.2, -0.15) is 5.10 Å².